The van der Waals surface area contributed by atoms with Crippen molar-refractivity contribution in [1.29, 1.82) is 0 Å². The maximum Gasteiger partial charge on any atom is 3.00 e. The van der Waals surface area contributed by atoms with E-state index in [0.29, 0.717) is 0 Å². The molecule has 0 aromatic rings. The second kappa shape index (κ2) is 17.8. The van der Waals surface area contributed by atoms with Crippen LogP contribution in [0.4, 0.5) is 0 Å². The topological polar surface area (TPSA) is 137 Å². The van der Waals surface area contributed by atoms with Crippen molar-refractivity contribution >= 4 is 40.9 Å². The average Bonchev–Trinajstić information content (AvgIpc) is 2.14. The summed E-state index contributed by atoms with van der Waals surface area (Å²) < 4.78 is 0. The molecule has 20 heavy (non-hydrogen) atoms. The number of ketones is 2. The minimum atomic E-state index is -1.31. The van der Waals surface area contributed by atoms with Crippen molar-refractivity contribution in [1.82, 2.24) is 0 Å². The second-order valence-electron chi connectivity index (χ2n) is 3.72. The molecule has 0 aliphatic heterocycles. The summed E-state index contributed by atoms with van der Waals surface area (Å²) in [6, 6.07) is 0. The van der Waals surface area contributed by atoms with E-state index in [2.05, 4.69) is 0 Å². The molecule has 0 spiro atoms. The molecule has 0 heterocycles. The molecule has 0 N–H and O–H groups in total. The molecule has 0 radical (unpaired) electrons. The first kappa shape index (κ1) is 27.2. The molecule has 8 heteroatoms. The summed E-state index contributed by atoms with van der Waals surface area (Å²) in [7, 11) is 0. The van der Waals surface area contributed by atoms with Gasteiger partial charge in [0.1, 0.15) is 11.6 Å². The fourth-order valence-corrected chi connectivity index (χ4v) is 0.407. The van der Waals surface area contributed by atoms with E-state index in [0.717, 1.165) is 6.42 Å². The maximum atomic E-state index is 9.90. The number of carbonyl (C=O) groups excluding carboxylic acids is 4. The molecular weight excluding hydrogens is 283 g/mol. The van der Waals surface area contributed by atoms with Gasteiger partial charge in [-0.1, -0.05) is 20.3 Å². The number of hydrogen-bond donors (Lipinski definition) is 0. The summed E-state index contributed by atoms with van der Waals surface area (Å²) in [6.07, 6.45) is -0.560. The Kier molecular flexibility index (Phi) is 24.1. The van der Waals surface area contributed by atoms with Crippen LogP contribution in [0.3, 0.4) is 0 Å². The Morgan fingerprint density at radius 2 is 1.10 bits per heavy atom. The van der Waals surface area contributed by atoms with Gasteiger partial charge in [0.2, 0.25) is 0 Å². The van der Waals surface area contributed by atoms with Crippen LogP contribution < -0.4 is 15.3 Å². The van der Waals surface area contributed by atoms with Crippen LogP contribution in [0.25, 0.3) is 0 Å². The summed E-state index contributed by atoms with van der Waals surface area (Å²) in [5.74, 6) is -3.37. The van der Waals surface area contributed by atoms with Gasteiger partial charge in [0.15, 0.2) is 0 Å². The molecule has 0 aliphatic carbocycles. The van der Waals surface area contributed by atoms with Gasteiger partial charge < -0.3 is 24.9 Å². The smallest absolute Gasteiger partial charge is 0.852 e. The van der Waals surface area contributed by atoms with Crippen LogP contribution in [-0.4, -0.2) is 47.0 Å². The Balaban J connectivity index is -0.0000000952. The average molecular weight is 302 g/mol. The fraction of sp³-hybridized carbons (Fsp3) is 0.667. The van der Waals surface area contributed by atoms with Gasteiger partial charge in [0.05, 0.1) is 0 Å². The van der Waals surface area contributed by atoms with Crippen LogP contribution in [0.15, 0.2) is 0 Å². The molecule has 1 atom stereocenters. The summed E-state index contributed by atoms with van der Waals surface area (Å²) in [6.45, 7) is 5.96. The summed E-state index contributed by atoms with van der Waals surface area (Å²) in [5, 5.41) is 28.9. The second-order valence-corrected chi connectivity index (χ2v) is 3.72. The van der Waals surface area contributed by atoms with Gasteiger partial charge in [0.25, 0.3) is 0 Å². The van der Waals surface area contributed by atoms with Crippen LogP contribution in [0.5, 0.6) is 0 Å². The van der Waals surface area contributed by atoms with Crippen LogP contribution in [-0.2, 0) is 19.2 Å². The summed E-state index contributed by atoms with van der Waals surface area (Å²) >= 11 is 0. The third kappa shape index (κ3) is 54.2. The van der Waals surface area contributed by atoms with Crippen LogP contribution in [0, 0.1) is 0 Å². The van der Waals surface area contributed by atoms with E-state index < -0.39 is 24.8 Å². The van der Waals surface area contributed by atoms with E-state index in [-0.39, 0.29) is 35.0 Å². The largest absolute Gasteiger partial charge is 3.00 e. The maximum absolute atomic E-state index is 9.90. The molecule has 0 aliphatic rings. The first-order valence-electron chi connectivity index (χ1n) is 5.57. The first-order chi connectivity index (χ1) is 8.52. The molecule has 1 unspecified atom stereocenters. The molecule has 112 valence electrons. The Bertz CT molecular complexity index is 250. The fourth-order valence-electron chi connectivity index (χ4n) is 0.407. The molecule has 0 amide bonds. The minimum absolute atomic E-state index is 0. The molecule has 0 saturated carbocycles. The first-order valence-corrected chi connectivity index (χ1v) is 5.57. The van der Waals surface area contributed by atoms with Crippen molar-refractivity contribution < 1.29 is 34.5 Å². The Hall–Kier alpha value is -1.23. The van der Waals surface area contributed by atoms with Gasteiger partial charge in [-0.3, -0.25) is 9.59 Å². The number of rotatable bonds is 5. The Morgan fingerprint density at radius 3 is 1.10 bits per heavy atom. The Labute approximate surface area is 129 Å². The van der Waals surface area contributed by atoms with Gasteiger partial charge in [-0.15, -0.1) is 6.10 Å². The number of aliphatic carboxylic acids is 2. The number of carbonyl (C=O) groups is 4. The zero-order chi connectivity index (χ0) is 16.0. The van der Waals surface area contributed by atoms with Gasteiger partial charge in [-0.25, -0.2) is 0 Å². The van der Waals surface area contributed by atoms with Crippen molar-refractivity contribution in [2.24, 2.45) is 0 Å². The van der Waals surface area contributed by atoms with Crippen molar-refractivity contribution in [3.05, 3.63) is 0 Å². The van der Waals surface area contributed by atoms with Gasteiger partial charge >= 0.3 is 17.4 Å². The van der Waals surface area contributed by atoms with Crippen molar-refractivity contribution in [2.45, 2.75) is 53.1 Å². The Morgan fingerprint density at radius 1 is 0.900 bits per heavy atom. The predicted octanol–water partition coefficient (Wildman–Crippen LogP) is -2.80. The predicted molar refractivity (Wildman–Crippen MR) is 66.1 cm³/mol. The normalized spacial score (nSPS) is 9.45. The van der Waals surface area contributed by atoms with Crippen molar-refractivity contribution in [2.75, 3.05) is 0 Å². The van der Waals surface area contributed by atoms with Crippen molar-refractivity contribution in [3.63, 3.8) is 0 Å². The number of carboxylic acid groups (broad SMARTS) is 2. The minimum Gasteiger partial charge on any atom is -0.852 e. The van der Waals surface area contributed by atoms with Crippen LogP contribution in [0.1, 0.15) is 47.0 Å². The third-order valence-corrected chi connectivity index (χ3v) is 1.36. The molecule has 0 bridgehead atoms. The van der Waals surface area contributed by atoms with E-state index in [4.69, 9.17) is 0 Å². The third-order valence-electron chi connectivity index (χ3n) is 1.36. The zero-order valence-corrected chi connectivity index (χ0v) is 13.3. The van der Waals surface area contributed by atoms with Gasteiger partial charge in [0, 0.05) is 24.8 Å². The SMILES string of the molecule is CC(=O)CC(=O)[O-].CC(=O)CC(=O)[O-].CCC(C)[O-].[Al+3]. The molecule has 0 fully saturated rings. The summed E-state index contributed by atoms with van der Waals surface area (Å²) in [5.41, 5.74) is 0. The number of carboxylic acids is 2. The van der Waals surface area contributed by atoms with Crippen LogP contribution in [0.2, 0.25) is 0 Å². The number of Topliss-reactive ketones (excluding diaryl/α,β-unsaturated/α-hetero) is 2. The van der Waals surface area contributed by atoms with E-state index in [1.165, 1.54) is 13.8 Å². The molecular formula is C12H19AlO7. The standard InChI is InChI=1S/2C4H6O3.C4H9O.Al/c2*1-3(5)2-4(6)7;1-3-4(2)5;/h2*2H2,1H3,(H,6,7);4H,3H2,1-2H3;/q;;-1;+3/p-2. The molecule has 0 aromatic carbocycles. The molecule has 7 nitrogen and oxygen atoms in total. The van der Waals surface area contributed by atoms with Crippen LogP contribution >= 0.6 is 0 Å². The molecule has 0 rings (SSSR count). The zero-order valence-electron chi connectivity index (χ0n) is 12.1. The van der Waals surface area contributed by atoms with Crippen molar-refractivity contribution in [3.8, 4) is 0 Å². The number of hydrogen-bond acceptors (Lipinski definition) is 7. The van der Waals surface area contributed by atoms with E-state index in [1.54, 1.807) is 6.92 Å². The van der Waals surface area contributed by atoms with E-state index in [1.807, 2.05) is 6.92 Å². The monoisotopic (exact) mass is 302 g/mol. The van der Waals surface area contributed by atoms with Gasteiger partial charge in [-0.05, 0) is 13.8 Å². The van der Waals surface area contributed by atoms with Gasteiger partial charge in [-0.2, -0.15) is 0 Å². The van der Waals surface area contributed by atoms with E-state index >= 15 is 0 Å². The molecule has 0 aromatic heterocycles. The molecule has 0 saturated heterocycles. The van der Waals surface area contributed by atoms with E-state index in [9.17, 15) is 34.5 Å². The quantitative estimate of drug-likeness (QED) is 0.395. The summed E-state index contributed by atoms with van der Waals surface area (Å²) in [4.78, 5) is 38.6.